The van der Waals surface area contributed by atoms with Crippen molar-refractivity contribution < 1.29 is 9.59 Å². The Morgan fingerprint density at radius 3 is 2.64 bits per heavy atom. The molecule has 7 nitrogen and oxygen atoms in total. The Labute approximate surface area is 130 Å². The number of hydrogen-bond donors (Lipinski definition) is 1. The Hall–Kier alpha value is -2.61. The van der Waals surface area contributed by atoms with Gasteiger partial charge < -0.3 is 0 Å². The molecule has 112 valence electrons. The molecule has 3 rings (SSSR count). The van der Waals surface area contributed by atoms with E-state index in [1.807, 2.05) is 30.3 Å². The molecule has 1 aliphatic rings. The molecule has 1 aromatic carbocycles. The summed E-state index contributed by atoms with van der Waals surface area (Å²) in [5.41, 5.74) is 1.40. The summed E-state index contributed by atoms with van der Waals surface area (Å²) in [6.45, 7) is 1.65. The number of hydrogen-bond acceptors (Lipinski definition) is 6. The molecule has 0 bridgehead atoms. The standard InChI is InChI=1S/C14H13N5O2S/c1-8-10(13(21)19(2)18-8)11(20)15-14-17-16-12(22-14)9-6-4-3-5-7-9/h3-7,10H,1-2H3,(H,15,17,20)/t10-/m1/s1. The summed E-state index contributed by atoms with van der Waals surface area (Å²) in [5, 5.41) is 16.8. The molecule has 2 amide bonds. The van der Waals surface area contributed by atoms with Crippen LogP contribution in [0.1, 0.15) is 6.92 Å². The first-order chi connectivity index (χ1) is 10.6. The number of nitrogens with one attached hydrogen (secondary N) is 1. The van der Waals surface area contributed by atoms with Crippen LogP contribution in [0.4, 0.5) is 5.13 Å². The minimum absolute atomic E-state index is 0.345. The largest absolute Gasteiger partial charge is 0.299 e. The zero-order valence-electron chi connectivity index (χ0n) is 12.0. The van der Waals surface area contributed by atoms with Crippen molar-refractivity contribution in [1.29, 1.82) is 0 Å². The van der Waals surface area contributed by atoms with Gasteiger partial charge in [-0.15, -0.1) is 10.2 Å². The fraction of sp³-hybridized carbons (Fsp3) is 0.214. The topological polar surface area (TPSA) is 87.5 Å². The smallest absolute Gasteiger partial charge is 0.260 e. The molecule has 2 aromatic rings. The average molecular weight is 315 g/mol. The molecule has 2 heterocycles. The molecule has 1 N–H and O–H groups in total. The zero-order valence-corrected chi connectivity index (χ0v) is 12.8. The van der Waals surface area contributed by atoms with E-state index in [2.05, 4.69) is 20.6 Å². The van der Waals surface area contributed by atoms with Gasteiger partial charge in [0.25, 0.3) is 5.91 Å². The Kier molecular flexibility index (Phi) is 3.68. The molecule has 0 unspecified atom stereocenters. The molecule has 22 heavy (non-hydrogen) atoms. The van der Waals surface area contributed by atoms with E-state index in [0.717, 1.165) is 5.56 Å². The molecule has 0 radical (unpaired) electrons. The maximum absolute atomic E-state index is 12.2. The lowest BCUT2D eigenvalue weighted by molar-refractivity contribution is -0.134. The summed E-state index contributed by atoms with van der Waals surface area (Å²) in [7, 11) is 1.53. The summed E-state index contributed by atoms with van der Waals surface area (Å²) < 4.78 is 0. The van der Waals surface area contributed by atoms with Crippen molar-refractivity contribution in [2.45, 2.75) is 6.92 Å². The Morgan fingerprint density at radius 2 is 2.00 bits per heavy atom. The summed E-state index contributed by atoms with van der Waals surface area (Å²) in [5.74, 6) is -1.68. The third-order valence-electron chi connectivity index (χ3n) is 3.23. The summed E-state index contributed by atoms with van der Waals surface area (Å²) in [6, 6.07) is 9.55. The van der Waals surface area contributed by atoms with Crippen LogP contribution in [0.5, 0.6) is 0 Å². The van der Waals surface area contributed by atoms with Crippen molar-refractivity contribution in [3.63, 3.8) is 0 Å². The molecule has 1 aromatic heterocycles. The van der Waals surface area contributed by atoms with Crippen molar-refractivity contribution in [3.8, 4) is 10.6 Å². The number of anilines is 1. The highest BCUT2D eigenvalue weighted by atomic mass is 32.1. The van der Waals surface area contributed by atoms with Gasteiger partial charge in [-0.05, 0) is 6.92 Å². The summed E-state index contributed by atoms with van der Waals surface area (Å²) in [4.78, 5) is 24.1. The third kappa shape index (κ3) is 2.60. The van der Waals surface area contributed by atoms with Gasteiger partial charge in [-0.2, -0.15) is 5.10 Å². The van der Waals surface area contributed by atoms with Crippen LogP contribution in [0.2, 0.25) is 0 Å². The van der Waals surface area contributed by atoms with Gasteiger partial charge in [0, 0.05) is 12.6 Å². The number of hydrazone groups is 1. The van der Waals surface area contributed by atoms with Gasteiger partial charge in [0.2, 0.25) is 11.0 Å². The molecule has 1 atom stereocenters. The Bertz CT molecular complexity index is 756. The van der Waals surface area contributed by atoms with Gasteiger partial charge >= 0.3 is 0 Å². The second-order valence-electron chi connectivity index (χ2n) is 4.80. The van der Waals surface area contributed by atoms with Crippen LogP contribution in [0.25, 0.3) is 10.6 Å². The Morgan fingerprint density at radius 1 is 1.27 bits per heavy atom. The van der Waals surface area contributed by atoms with E-state index in [1.165, 1.54) is 23.4 Å². The summed E-state index contributed by atoms with van der Waals surface area (Å²) >= 11 is 1.26. The number of carbonyl (C=O) groups is 2. The minimum Gasteiger partial charge on any atom is -0.299 e. The maximum atomic E-state index is 12.2. The highest BCUT2D eigenvalue weighted by Gasteiger charge is 2.37. The third-order valence-corrected chi connectivity index (χ3v) is 4.12. The quantitative estimate of drug-likeness (QED) is 0.872. The normalized spacial score (nSPS) is 17.5. The number of nitrogens with zero attached hydrogens (tertiary/aromatic N) is 4. The first-order valence-electron chi connectivity index (χ1n) is 6.58. The molecule has 0 saturated heterocycles. The predicted molar refractivity (Wildman–Crippen MR) is 83.3 cm³/mol. The van der Waals surface area contributed by atoms with Crippen LogP contribution >= 0.6 is 11.3 Å². The highest BCUT2D eigenvalue weighted by Crippen LogP contribution is 2.26. The minimum atomic E-state index is -0.894. The van der Waals surface area contributed by atoms with E-state index < -0.39 is 11.8 Å². The van der Waals surface area contributed by atoms with E-state index >= 15 is 0 Å². The van der Waals surface area contributed by atoms with Gasteiger partial charge in [-0.1, -0.05) is 41.7 Å². The fourth-order valence-electron chi connectivity index (χ4n) is 2.16. The SMILES string of the molecule is CC1=NN(C)C(=O)[C@H]1C(=O)Nc1nnc(-c2ccccc2)s1. The van der Waals surface area contributed by atoms with Crippen LogP contribution in [0, 0.1) is 5.92 Å². The van der Waals surface area contributed by atoms with Crippen molar-refractivity contribution in [3.05, 3.63) is 30.3 Å². The van der Waals surface area contributed by atoms with E-state index in [1.54, 1.807) is 6.92 Å². The average Bonchev–Trinajstić information content (AvgIpc) is 3.05. The zero-order chi connectivity index (χ0) is 15.7. The number of aromatic nitrogens is 2. The van der Waals surface area contributed by atoms with E-state index in [-0.39, 0.29) is 5.91 Å². The molecule has 0 fully saturated rings. The second kappa shape index (κ2) is 5.64. The van der Waals surface area contributed by atoms with Crippen LogP contribution in [-0.2, 0) is 9.59 Å². The van der Waals surface area contributed by atoms with Crippen molar-refractivity contribution in [2.24, 2.45) is 11.0 Å². The van der Waals surface area contributed by atoms with Gasteiger partial charge in [0.05, 0.1) is 5.71 Å². The summed E-state index contributed by atoms with van der Waals surface area (Å²) in [6.07, 6.45) is 0. The predicted octanol–water partition coefficient (Wildman–Crippen LogP) is 1.61. The first kappa shape index (κ1) is 14.3. The number of rotatable bonds is 3. The van der Waals surface area contributed by atoms with Gasteiger partial charge in [-0.3, -0.25) is 14.9 Å². The molecular weight excluding hydrogens is 302 g/mol. The maximum Gasteiger partial charge on any atom is 0.260 e. The first-order valence-corrected chi connectivity index (χ1v) is 7.40. The molecule has 8 heteroatoms. The number of benzene rings is 1. The van der Waals surface area contributed by atoms with Crippen molar-refractivity contribution in [2.75, 3.05) is 12.4 Å². The van der Waals surface area contributed by atoms with E-state index in [9.17, 15) is 9.59 Å². The Balaban J connectivity index is 1.75. The van der Waals surface area contributed by atoms with Crippen LogP contribution in [0.15, 0.2) is 35.4 Å². The van der Waals surface area contributed by atoms with Crippen molar-refractivity contribution in [1.82, 2.24) is 15.2 Å². The molecule has 0 saturated carbocycles. The number of amides is 2. The van der Waals surface area contributed by atoms with Gasteiger partial charge in [0.1, 0.15) is 5.01 Å². The number of carbonyl (C=O) groups excluding carboxylic acids is 2. The van der Waals surface area contributed by atoms with E-state index in [0.29, 0.717) is 15.9 Å². The lowest BCUT2D eigenvalue weighted by Crippen LogP contribution is -2.34. The molecule has 0 spiro atoms. The second-order valence-corrected chi connectivity index (χ2v) is 5.78. The van der Waals surface area contributed by atoms with Gasteiger partial charge in [-0.25, -0.2) is 5.01 Å². The highest BCUT2D eigenvalue weighted by molar-refractivity contribution is 7.18. The van der Waals surface area contributed by atoms with Crippen LogP contribution in [0.3, 0.4) is 0 Å². The van der Waals surface area contributed by atoms with Crippen LogP contribution < -0.4 is 5.32 Å². The van der Waals surface area contributed by atoms with Crippen LogP contribution in [-0.4, -0.2) is 39.8 Å². The molecular formula is C14H13N5O2S. The lowest BCUT2D eigenvalue weighted by Gasteiger charge is -2.08. The lowest BCUT2D eigenvalue weighted by atomic mass is 10.0. The molecule has 1 aliphatic heterocycles. The van der Waals surface area contributed by atoms with Crippen molar-refractivity contribution >= 4 is 34.0 Å². The molecule has 0 aliphatic carbocycles. The van der Waals surface area contributed by atoms with Gasteiger partial charge in [0.15, 0.2) is 5.92 Å². The monoisotopic (exact) mass is 315 g/mol. The van der Waals surface area contributed by atoms with E-state index in [4.69, 9.17) is 0 Å². The fourth-order valence-corrected chi connectivity index (χ4v) is 2.91.